The number of benzene rings is 1. The Labute approximate surface area is 118 Å². The summed E-state index contributed by atoms with van der Waals surface area (Å²) >= 11 is 0. The minimum Gasteiger partial charge on any atom is -0.486 e. The van der Waals surface area contributed by atoms with E-state index in [1.807, 2.05) is 0 Å². The van der Waals surface area contributed by atoms with Gasteiger partial charge in [-0.25, -0.2) is 9.18 Å². The summed E-state index contributed by atoms with van der Waals surface area (Å²) < 4.78 is 24.0. The molecule has 0 radical (unpaired) electrons. The minimum atomic E-state index is -1.10. The lowest BCUT2D eigenvalue weighted by Crippen LogP contribution is -2.13. The number of hydrogen-bond donors (Lipinski definition) is 2. The van der Waals surface area contributed by atoms with Crippen molar-refractivity contribution in [3.05, 3.63) is 52.7 Å². The van der Waals surface area contributed by atoms with Crippen molar-refractivity contribution in [1.29, 1.82) is 0 Å². The Kier molecular flexibility index (Phi) is 3.93. The zero-order valence-electron chi connectivity index (χ0n) is 11.1. The second kappa shape index (κ2) is 5.66. The molecule has 0 saturated heterocycles. The highest BCUT2D eigenvalue weighted by Gasteiger charge is 2.14. The molecule has 1 amide bonds. The summed E-state index contributed by atoms with van der Waals surface area (Å²) in [5.74, 6) is -2.03. The molecule has 0 spiro atoms. The van der Waals surface area contributed by atoms with Gasteiger partial charge in [0.1, 0.15) is 35.3 Å². The highest BCUT2D eigenvalue weighted by Crippen LogP contribution is 2.20. The number of nitrogens with two attached hydrogens (primary N) is 1. The smallest absolute Gasteiger partial charge is 0.339 e. The van der Waals surface area contributed by atoms with Crippen LogP contribution in [0.4, 0.5) is 4.39 Å². The number of amides is 1. The van der Waals surface area contributed by atoms with Crippen molar-refractivity contribution in [2.75, 3.05) is 0 Å². The van der Waals surface area contributed by atoms with E-state index in [2.05, 4.69) is 0 Å². The van der Waals surface area contributed by atoms with Crippen molar-refractivity contribution in [3.8, 4) is 5.75 Å². The van der Waals surface area contributed by atoms with Crippen LogP contribution < -0.4 is 10.5 Å². The quantitative estimate of drug-likeness (QED) is 0.878. The van der Waals surface area contributed by atoms with Crippen molar-refractivity contribution in [2.24, 2.45) is 5.73 Å². The van der Waals surface area contributed by atoms with Crippen molar-refractivity contribution in [1.82, 2.24) is 0 Å². The number of aromatic carboxylic acids is 1. The molecule has 0 bridgehead atoms. The van der Waals surface area contributed by atoms with Crippen LogP contribution in [0.3, 0.4) is 0 Å². The number of hydrogen-bond acceptors (Lipinski definition) is 4. The second-order valence-corrected chi connectivity index (χ2v) is 4.28. The Morgan fingerprint density at radius 1 is 1.33 bits per heavy atom. The summed E-state index contributed by atoms with van der Waals surface area (Å²) in [5, 5.41) is 8.89. The first-order chi connectivity index (χ1) is 9.88. The lowest BCUT2D eigenvalue weighted by Gasteiger charge is -2.05. The van der Waals surface area contributed by atoms with E-state index < -0.39 is 17.7 Å². The summed E-state index contributed by atoms with van der Waals surface area (Å²) in [5.41, 5.74) is 4.80. The van der Waals surface area contributed by atoms with Gasteiger partial charge in [-0.2, -0.15) is 0 Å². The maximum Gasteiger partial charge on any atom is 0.339 e. The van der Waals surface area contributed by atoms with Gasteiger partial charge in [-0.15, -0.1) is 0 Å². The molecule has 0 aliphatic rings. The third-order valence-corrected chi connectivity index (χ3v) is 2.79. The number of ether oxygens (including phenoxy) is 1. The van der Waals surface area contributed by atoms with E-state index in [9.17, 15) is 14.0 Å². The van der Waals surface area contributed by atoms with Gasteiger partial charge in [0.05, 0.1) is 5.56 Å². The van der Waals surface area contributed by atoms with Gasteiger partial charge in [-0.3, -0.25) is 4.79 Å². The monoisotopic (exact) mass is 293 g/mol. The topological polar surface area (TPSA) is 103 Å². The molecule has 7 heteroatoms. The Bertz CT molecular complexity index is 707. The molecule has 1 aromatic carbocycles. The van der Waals surface area contributed by atoms with Crippen LogP contribution in [0.1, 0.15) is 32.2 Å². The SMILES string of the molecule is Cc1oc(COc2ccc(C(N)=O)c(F)c2)cc1C(=O)O. The molecular weight excluding hydrogens is 281 g/mol. The van der Waals surface area contributed by atoms with Gasteiger partial charge < -0.3 is 20.0 Å². The second-order valence-electron chi connectivity index (χ2n) is 4.28. The zero-order chi connectivity index (χ0) is 15.6. The van der Waals surface area contributed by atoms with E-state index in [0.29, 0.717) is 5.76 Å². The number of primary amides is 1. The third-order valence-electron chi connectivity index (χ3n) is 2.79. The molecular formula is C14H12FNO5. The third kappa shape index (κ3) is 3.19. The summed E-state index contributed by atoms with van der Waals surface area (Å²) in [6, 6.07) is 4.96. The number of carbonyl (C=O) groups excluding carboxylic acids is 1. The van der Waals surface area contributed by atoms with Crippen LogP contribution in [-0.4, -0.2) is 17.0 Å². The molecule has 0 saturated carbocycles. The summed E-state index contributed by atoms with van der Waals surface area (Å²) in [4.78, 5) is 21.7. The van der Waals surface area contributed by atoms with E-state index in [0.717, 1.165) is 6.07 Å². The van der Waals surface area contributed by atoms with Gasteiger partial charge in [-0.05, 0) is 25.1 Å². The van der Waals surface area contributed by atoms with Crippen LogP contribution in [-0.2, 0) is 6.61 Å². The Morgan fingerprint density at radius 2 is 2.05 bits per heavy atom. The highest BCUT2D eigenvalue weighted by atomic mass is 19.1. The number of carboxylic acid groups (broad SMARTS) is 1. The number of halogens is 1. The molecule has 6 nitrogen and oxygen atoms in total. The van der Waals surface area contributed by atoms with Crippen molar-refractivity contribution >= 4 is 11.9 Å². The summed E-state index contributed by atoms with van der Waals surface area (Å²) in [6.45, 7) is 1.46. The average molecular weight is 293 g/mol. The fourth-order valence-corrected chi connectivity index (χ4v) is 1.77. The molecule has 0 fully saturated rings. The number of furan rings is 1. The molecule has 3 N–H and O–H groups in total. The van der Waals surface area contributed by atoms with Gasteiger partial charge in [0.25, 0.3) is 5.91 Å². The fourth-order valence-electron chi connectivity index (χ4n) is 1.77. The van der Waals surface area contributed by atoms with Crippen molar-refractivity contribution in [3.63, 3.8) is 0 Å². The van der Waals surface area contributed by atoms with E-state index in [1.165, 1.54) is 25.1 Å². The Hall–Kier alpha value is -2.83. The molecule has 110 valence electrons. The van der Waals surface area contributed by atoms with Crippen LogP contribution in [0.15, 0.2) is 28.7 Å². The van der Waals surface area contributed by atoms with Crippen LogP contribution in [0.5, 0.6) is 5.75 Å². The van der Waals surface area contributed by atoms with Crippen LogP contribution in [0, 0.1) is 12.7 Å². The molecule has 0 unspecified atom stereocenters. The highest BCUT2D eigenvalue weighted by molar-refractivity contribution is 5.93. The maximum absolute atomic E-state index is 13.5. The number of rotatable bonds is 5. The van der Waals surface area contributed by atoms with E-state index in [4.69, 9.17) is 20.0 Å². The summed E-state index contributed by atoms with van der Waals surface area (Å²) in [7, 11) is 0. The molecule has 1 aromatic heterocycles. The van der Waals surface area contributed by atoms with E-state index in [1.54, 1.807) is 0 Å². The Morgan fingerprint density at radius 3 is 2.57 bits per heavy atom. The molecule has 0 aliphatic carbocycles. The van der Waals surface area contributed by atoms with Gasteiger partial charge in [0, 0.05) is 6.07 Å². The zero-order valence-corrected chi connectivity index (χ0v) is 11.1. The first kappa shape index (κ1) is 14.6. The van der Waals surface area contributed by atoms with Gasteiger partial charge in [0.2, 0.25) is 0 Å². The van der Waals surface area contributed by atoms with E-state index in [-0.39, 0.29) is 29.2 Å². The molecule has 21 heavy (non-hydrogen) atoms. The predicted octanol–water partition coefficient (Wildman–Crippen LogP) is 2.10. The largest absolute Gasteiger partial charge is 0.486 e. The average Bonchev–Trinajstić information content (AvgIpc) is 2.77. The number of carbonyl (C=O) groups is 2. The van der Waals surface area contributed by atoms with Gasteiger partial charge >= 0.3 is 5.97 Å². The van der Waals surface area contributed by atoms with Gasteiger partial charge in [-0.1, -0.05) is 0 Å². The van der Waals surface area contributed by atoms with Crippen LogP contribution >= 0.6 is 0 Å². The number of carboxylic acids is 1. The van der Waals surface area contributed by atoms with Gasteiger partial charge in [0.15, 0.2) is 0 Å². The van der Waals surface area contributed by atoms with Crippen molar-refractivity contribution < 1.29 is 28.2 Å². The molecule has 0 aliphatic heterocycles. The maximum atomic E-state index is 13.5. The molecule has 0 atom stereocenters. The molecule has 2 rings (SSSR count). The Balaban J connectivity index is 2.10. The van der Waals surface area contributed by atoms with Crippen molar-refractivity contribution in [2.45, 2.75) is 13.5 Å². The molecule has 2 aromatic rings. The van der Waals surface area contributed by atoms with E-state index >= 15 is 0 Å². The predicted molar refractivity (Wildman–Crippen MR) is 69.7 cm³/mol. The number of aryl methyl sites for hydroxylation is 1. The standard InChI is InChI=1S/C14H12FNO5/c1-7-11(14(18)19)4-9(21-7)6-20-8-2-3-10(13(16)17)12(15)5-8/h2-5H,6H2,1H3,(H2,16,17)(H,18,19). The fraction of sp³-hybridized carbons (Fsp3) is 0.143. The first-order valence-corrected chi connectivity index (χ1v) is 5.93. The lowest BCUT2D eigenvalue weighted by molar-refractivity contribution is 0.0694. The lowest BCUT2D eigenvalue weighted by atomic mass is 10.2. The molecule has 1 heterocycles. The summed E-state index contributed by atoms with van der Waals surface area (Å²) in [6.07, 6.45) is 0. The minimum absolute atomic E-state index is 0.0452. The normalized spacial score (nSPS) is 10.4. The van der Waals surface area contributed by atoms with Crippen LogP contribution in [0.2, 0.25) is 0 Å². The van der Waals surface area contributed by atoms with Crippen LogP contribution in [0.25, 0.3) is 0 Å². The first-order valence-electron chi connectivity index (χ1n) is 5.93.